The van der Waals surface area contributed by atoms with Gasteiger partial charge in [0.2, 0.25) is 5.91 Å². The minimum atomic E-state index is -0.926. The number of rotatable bonds is 9. The molecule has 0 aliphatic rings. The van der Waals surface area contributed by atoms with Crippen LogP contribution in [0.1, 0.15) is 60.3 Å². The molecule has 2 N–H and O–H groups in total. The van der Waals surface area contributed by atoms with Gasteiger partial charge in [-0.05, 0) is 11.8 Å². The topological polar surface area (TPSA) is 66.4 Å². The average molecular weight is 271 g/mol. The molecule has 0 rings (SSSR count). The molecule has 0 fully saturated rings. The third-order valence-corrected chi connectivity index (χ3v) is 3.75. The molecule has 0 aromatic rings. The monoisotopic (exact) mass is 271 g/mol. The molecule has 0 saturated heterocycles. The first-order valence-electron chi connectivity index (χ1n) is 7.22. The fourth-order valence-electron chi connectivity index (χ4n) is 1.87. The van der Waals surface area contributed by atoms with E-state index in [0.717, 1.165) is 6.42 Å². The normalized spacial score (nSPS) is 14.8. The summed E-state index contributed by atoms with van der Waals surface area (Å²) in [6.07, 6.45) is 4.64. The summed E-state index contributed by atoms with van der Waals surface area (Å²) in [6.45, 7) is 10.3. The average Bonchev–Trinajstić information content (AvgIpc) is 2.34. The highest BCUT2D eigenvalue weighted by molar-refractivity contribution is 5.84. The van der Waals surface area contributed by atoms with Gasteiger partial charge < -0.3 is 10.4 Å². The van der Waals surface area contributed by atoms with Gasteiger partial charge in [0.15, 0.2) is 0 Å². The summed E-state index contributed by atoms with van der Waals surface area (Å²) >= 11 is 0. The molecule has 0 bridgehead atoms. The fourth-order valence-corrected chi connectivity index (χ4v) is 1.87. The number of aliphatic carboxylic acids is 1. The molecule has 0 saturated carbocycles. The molecule has 0 radical (unpaired) electrons. The van der Waals surface area contributed by atoms with Crippen LogP contribution in [0.15, 0.2) is 0 Å². The van der Waals surface area contributed by atoms with Crippen LogP contribution in [0, 0.1) is 17.3 Å². The number of carboxylic acid groups (broad SMARTS) is 1. The predicted octanol–water partition coefficient (Wildman–Crippen LogP) is 3.07. The first-order chi connectivity index (χ1) is 8.71. The van der Waals surface area contributed by atoms with Crippen molar-refractivity contribution in [3.05, 3.63) is 0 Å². The van der Waals surface area contributed by atoms with Gasteiger partial charge in [-0.25, -0.2) is 0 Å². The van der Waals surface area contributed by atoms with E-state index in [2.05, 4.69) is 26.1 Å². The first kappa shape index (κ1) is 17.9. The van der Waals surface area contributed by atoms with Crippen molar-refractivity contribution in [1.82, 2.24) is 5.32 Å². The molecule has 2 unspecified atom stereocenters. The van der Waals surface area contributed by atoms with E-state index in [1.54, 1.807) is 13.8 Å². The first-order valence-corrected chi connectivity index (χ1v) is 7.22. The van der Waals surface area contributed by atoms with Crippen LogP contribution in [-0.2, 0) is 9.59 Å². The molecule has 0 heterocycles. The number of carboxylic acids is 1. The van der Waals surface area contributed by atoms with Gasteiger partial charge in [0.25, 0.3) is 0 Å². The van der Waals surface area contributed by atoms with E-state index < -0.39 is 17.8 Å². The number of unbranched alkanes of at least 4 members (excludes halogenated alkanes) is 2. The minimum absolute atomic E-state index is 0.0665. The highest BCUT2D eigenvalue weighted by Gasteiger charge is 2.27. The van der Waals surface area contributed by atoms with Crippen molar-refractivity contribution < 1.29 is 14.7 Å². The third-order valence-electron chi connectivity index (χ3n) is 3.75. The molecule has 4 nitrogen and oxygen atoms in total. The van der Waals surface area contributed by atoms with Gasteiger partial charge in [-0.2, -0.15) is 0 Å². The SMILES string of the molecule is CCCCCC(C)(C)CNC(=O)C(C)C(C)C(=O)O. The van der Waals surface area contributed by atoms with Crippen molar-refractivity contribution in [3.63, 3.8) is 0 Å². The zero-order valence-electron chi connectivity index (χ0n) is 13.0. The molecule has 0 aromatic heterocycles. The Hall–Kier alpha value is -1.06. The molecule has 112 valence electrons. The van der Waals surface area contributed by atoms with Crippen LogP contribution < -0.4 is 5.32 Å². The molecule has 0 spiro atoms. The molecular formula is C15H29NO3. The van der Waals surface area contributed by atoms with Crippen LogP contribution in [0.2, 0.25) is 0 Å². The summed E-state index contributed by atoms with van der Waals surface area (Å²) in [7, 11) is 0. The maximum Gasteiger partial charge on any atom is 0.307 e. The fraction of sp³-hybridized carbons (Fsp3) is 0.867. The van der Waals surface area contributed by atoms with Crippen molar-refractivity contribution in [2.75, 3.05) is 6.54 Å². The van der Waals surface area contributed by atoms with Gasteiger partial charge in [0.05, 0.1) is 5.92 Å². The largest absolute Gasteiger partial charge is 0.481 e. The Morgan fingerprint density at radius 2 is 1.74 bits per heavy atom. The van der Waals surface area contributed by atoms with E-state index in [-0.39, 0.29) is 11.3 Å². The Morgan fingerprint density at radius 3 is 2.21 bits per heavy atom. The third kappa shape index (κ3) is 7.19. The van der Waals surface area contributed by atoms with E-state index in [1.807, 2.05) is 0 Å². The van der Waals surface area contributed by atoms with Gasteiger partial charge in [-0.3, -0.25) is 9.59 Å². The lowest BCUT2D eigenvalue weighted by molar-refractivity contribution is -0.146. The maximum absolute atomic E-state index is 11.9. The van der Waals surface area contributed by atoms with Crippen molar-refractivity contribution in [1.29, 1.82) is 0 Å². The van der Waals surface area contributed by atoms with Gasteiger partial charge in [0.1, 0.15) is 0 Å². The van der Waals surface area contributed by atoms with Crippen molar-refractivity contribution in [2.24, 2.45) is 17.3 Å². The molecule has 1 amide bonds. The molecule has 0 aliphatic heterocycles. The number of nitrogens with one attached hydrogen (secondary N) is 1. The lowest BCUT2D eigenvalue weighted by Gasteiger charge is -2.26. The summed E-state index contributed by atoms with van der Waals surface area (Å²) in [5.74, 6) is -2.24. The Balaban J connectivity index is 4.16. The zero-order valence-corrected chi connectivity index (χ0v) is 13.0. The van der Waals surface area contributed by atoms with Gasteiger partial charge in [0, 0.05) is 12.5 Å². The van der Waals surface area contributed by atoms with Crippen LogP contribution in [0.4, 0.5) is 0 Å². The smallest absolute Gasteiger partial charge is 0.307 e. The van der Waals surface area contributed by atoms with Crippen LogP contribution >= 0.6 is 0 Å². The number of hydrogen-bond donors (Lipinski definition) is 2. The van der Waals surface area contributed by atoms with Gasteiger partial charge in [-0.1, -0.05) is 53.9 Å². The van der Waals surface area contributed by atoms with E-state index >= 15 is 0 Å². The molecule has 2 atom stereocenters. The van der Waals surface area contributed by atoms with Gasteiger partial charge >= 0.3 is 5.97 Å². The number of carbonyl (C=O) groups excluding carboxylic acids is 1. The number of carbonyl (C=O) groups is 2. The van der Waals surface area contributed by atoms with Crippen LogP contribution in [0.5, 0.6) is 0 Å². The summed E-state index contributed by atoms with van der Waals surface area (Å²) < 4.78 is 0. The minimum Gasteiger partial charge on any atom is -0.481 e. The number of hydrogen-bond acceptors (Lipinski definition) is 2. The van der Waals surface area contributed by atoms with Crippen molar-refractivity contribution in [3.8, 4) is 0 Å². The van der Waals surface area contributed by atoms with Crippen LogP contribution in [0.3, 0.4) is 0 Å². The standard InChI is InChI=1S/C15H29NO3/c1-6-7-8-9-15(4,5)10-16-13(17)11(2)12(3)14(18)19/h11-12H,6-10H2,1-5H3,(H,16,17)(H,18,19). The predicted molar refractivity (Wildman–Crippen MR) is 76.9 cm³/mol. The summed E-state index contributed by atoms with van der Waals surface area (Å²) in [5, 5.41) is 11.8. The van der Waals surface area contributed by atoms with E-state index in [1.165, 1.54) is 19.3 Å². The highest BCUT2D eigenvalue weighted by Crippen LogP contribution is 2.23. The van der Waals surface area contributed by atoms with Crippen molar-refractivity contribution >= 4 is 11.9 Å². The Morgan fingerprint density at radius 1 is 1.16 bits per heavy atom. The van der Waals surface area contributed by atoms with E-state index in [4.69, 9.17) is 5.11 Å². The Bertz CT molecular complexity index is 300. The molecular weight excluding hydrogens is 242 g/mol. The van der Waals surface area contributed by atoms with E-state index in [9.17, 15) is 9.59 Å². The van der Waals surface area contributed by atoms with Gasteiger partial charge in [-0.15, -0.1) is 0 Å². The Labute approximate surface area is 117 Å². The quantitative estimate of drug-likeness (QED) is 0.633. The number of amides is 1. The highest BCUT2D eigenvalue weighted by atomic mass is 16.4. The van der Waals surface area contributed by atoms with Crippen LogP contribution in [0.25, 0.3) is 0 Å². The Kier molecular flexibility index (Phi) is 7.72. The summed E-state index contributed by atoms with van der Waals surface area (Å²) in [4.78, 5) is 22.7. The molecule has 19 heavy (non-hydrogen) atoms. The second kappa shape index (κ2) is 8.18. The lowest BCUT2D eigenvalue weighted by atomic mass is 9.86. The summed E-state index contributed by atoms with van der Waals surface area (Å²) in [6, 6.07) is 0. The molecule has 0 aromatic carbocycles. The maximum atomic E-state index is 11.9. The van der Waals surface area contributed by atoms with E-state index in [0.29, 0.717) is 6.54 Å². The second-order valence-corrected chi connectivity index (χ2v) is 6.25. The van der Waals surface area contributed by atoms with Crippen molar-refractivity contribution in [2.45, 2.75) is 60.3 Å². The second-order valence-electron chi connectivity index (χ2n) is 6.25. The molecule has 4 heteroatoms. The summed E-state index contributed by atoms with van der Waals surface area (Å²) in [5.41, 5.74) is 0.0665. The lowest BCUT2D eigenvalue weighted by Crippen LogP contribution is -2.40. The van der Waals surface area contributed by atoms with Crippen LogP contribution in [-0.4, -0.2) is 23.5 Å². The zero-order chi connectivity index (χ0) is 15.1. The molecule has 0 aliphatic carbocycles.